The van der Waals surface area contributed by atoms with Crippen molar-refractivity contribution < 1.29 is 0 Å². The van der Waals surface area contributed by atoms with Gasteiger partial charge < -0.3 is 5.73 Å². The van der Waals surface area contributed by atoms with E-state index >= 15 is 0 Å². The van der Waals surface area contributed by atoms with Crippen molar-refractivity contribution in [2.45, 2.75) is 13.8 Å². The minimum atomic E-state index is -0.0145. The van der Waals surface area contributed by atoms with E-state index in [1.807, 2.05) is 38.1 Å². The second-order valence-electron chi connectivity index (χ2n) is 3.42. The van der Waals surface area contributed by atoms with Gasteiger partial charge in [0.1, 0.15) is 11.1 Å². The summed E-state index contributed by atoms with van der Waals surface area (Å²) in [5, 5.41) is 12.5. The SMILES string of the molecule is Cc1cc(C)cc(NN=C(C#N)C(N)=S)c1. The monoisotopic (exact) mass is 232 g/mol. The minimum absolute atomic E-state index is 0.0145. The van der Waals surface area contributed by atoms with Crippen LogP contribution in [-0.4, -0.2) is 10.7 Å². The van der Waals surface area contributed by atoms with E-state index in [0.717, 1.165) is 16.8 Å². The zero-order valence-corrected chi connectivity index (χ0v) is 9.93. The largest absolute Gasteiger partial charge is 0.387 e. The quantitative estimate of drug-likeness (QED) is 0.474. The maximum absolute atomic E-state index is 8.70. The molecule has 0 aliphatic rings. The number of benzene rings is 1. The van der Waals surface area contributed by atoms with Gasteiger partial charge >= 0.3 is 0 Å². The van der Waals surface area contributed by atoms with Crippen molar-refractivity contribution in [3.63, 3.8) is 0 Å². The zero-order chi connectivity index (χ0) is 12.1. The first-order valence-electron chi connectivity index (χ1n) is 4.65. The number of anilines is 1. The van der Waals surface area contributed by atoms with Crippen molar-refractivity contribution in [2.24, 2.45) is 10.8 Å². The summed E-state index contributed by atoms with van der Waals surface area (Å²) in [6, 6.07) is 7.71. The Morgan fingerprint density at radius 2 is 1.94 bits per heavy atom. The first-order valence-corrected chi connectivity index (χ1v) is 5.05. The highest BCUT2D eigenvalue weighted by Gasteiger charge is 2.00. The van der Waals surface area contributed by atoms with Crippen LogP contribution in [0.15, 0.2) is 23.3 Å². The Morgan fingerprint density at radius 3 is 2.38 bits per heavy atom. The van der Waals surface area contributed by atoms with Crippen molar-refractivity contribution in [3.05, 3.63) is 29.3 Å². The number of hydrogen-bond acceptors (Lipinski definition) is 4. The Hall–Kier alpha value is -1.93. The van der Waals surface area contributed by atoms with Crippen molar-refractivity contribution >= 4 is 28.6 Å². The third kappa shape index (κ3) is 3.33. The second-order valence-corrected chi connectivity index (χ2v) is 3.86. The van der Waals surface area contributed by atoms with E-state index in [0.29, 0.717) is 0 Å². The highest BCUT2D eigenvalue weighted by atomic mass is 32.1. The predicted octanol–water partition coefficient (Wildman–Crippen LogP) is 1.88. The fraction of sp³-hybridized carbons (Fsp3) is 0.182. The van der Waals surface area contributed by atoms with Crippen molar-refractivity contribution in [1.82, 2.24) is 0 Å². The maximum atomic E-state index is 8.70. The van der Waals surface area contributed by atoms with Crippen molar-refractivity contribution in [3.8, 4) is 6.07 Å². The number of rotatable bonds is 3. The van der Waals surface area contributed by atoms with Crippen molar-refractivity contribution in [1.29, 1.82) is 5.26 Å². The van der Waals surface area contributed by atoms with Crippen LogP contribution in [0.25, 0.3) is 0 Å². The number of thiocarbonyl (C=S) groups is 1. The van der Waals surface area contributed by atoms with Crippen LogP contribution in [0.2, 0.25) is 0 Å². The van der Waals surface area contributed by atoms with Gasteiger partial charge in [-0.25, -0.2) is 0 Å². The van der Waals surface area contributed by atoms with Gasteiger partial charge in [0.25, 0.3) is 0 Å². The molecule has 0 amide bonds. The van der Waals surface area contributed by atoms with Crippen LogP contribution in [0, 0.1) is 25.2 Å². The van der Waals surface area contributed by atoms with E-state index in [1.165, 1.54) is 0 Å². The van der Waals surface area contributed by atoms with Gasteiger partial charge in [-0.1, -0.05) is 18.3 Å². The lowest BCUT2D eigenvalue weighted by atomic mass is 10.1. The molecule has 1 aromatic rings. The molecule has 0 atom stereocenters. The summed E-state index contributed by atoms with van der Waals surface area (Å²) in [6.45, 7) is 3.97. The number of nitriles is 1. The molecule has 0 spiro atoms. The molecule has 82 valence electrons. The second kappa shape index (κ2) is 5.24. The molecule has 4 nitrogen and oxygen atoms in total. The zero-order valence-electron chi connectivity index (χ0n) is 9.11. The average molecular weight is 232 g/mol. The lowest BCUT2D eigenvalue weighted by Crippen LogP contribution is -2.20. The molecule has 0 aliphatic carbocycles. The molecule has 0 saturated heterocycles. The summed E-state index contributed by atoms with van der Waals surface area (Å²) in [4.78, 5) is -0.0145. The topological polar surface area (TPSA) is 74.2 Å². The van der Waals surface area contributed by atoms with Crippen LogP contribution in [0.5, 0.6) is 0 Å². The summed E-state index contributed by atoms with van der Waals surface area (Å²) in [5.74, 6) is 0. The van der Waals surface area contributed by atoms with Gasteiger partial charge in [0.15, 0.2) is 5.71 Å². The number of nitrogens with one attached hydrogen (secondary N) is 1. The number of nitrogens with two attached hydrogens (primary N) is 1. The average Bonchev–Trinajstić information content (AvgIpc) is 2.16. The highest BCUT2D eigenvalue weighted by molar-refractivity contribution is 7.82. The molecule has 16 heavy (non-hydrogen) atoms. The molecule has 0 fully saturated rings. The number of aryl methyl sites for hydroxylation is 2. The molecule has 0 bridgehead atoms. The van der Waals surface area contributed by atoms with E-state index in [4.69, 9.17) is 11.0 Å². The summed E-state index contributed by atoms with van der Waals surface area (Å²) >= 11 is 4.67. The molecule has 0 radical (unpaired) electrons. The lowest BCUT2D eigenvalue weighted by Gasteiger charge is -2.04. The summed E-state index contributed by atoms with van der Waals surface area (Å²) < 4.78 is 0. The first kappa shape index (κ1) is 12.1. The van der Waals surface area contributed by atoms with Gasteiger partial charge in [0.2, 0.25) is 0 Å². The molecule has 3 N–H and O–H groups in total. The Balaban J connectivity index is 2.90. The summed E-state index contributed by atoms with van der Waals surface area (Å²) in [7, 11) is 0. The Bertz CT molecular complexity index is 465. The summed E-state index contributed by atoms with van der Waals surface area (Å²) in [6.07, 6.45) is 0. The molecule has 0 saturated carbocycles. The molecular weight excluding hydrogens is 220 g/mol. The summed E-state index contributed by atoms with van der Waals surface area (Å²) in [5.41, 5.74) is 11.1. The van der Waals surface area contributed by atoms with Crippen LogP contribution in [0.1, 0.15) is 11.1 Å². The van der Waals surface area contributed by atoms with Crippen molar-refractivity contribution in [2.75, 3.05) is 5.43 Å². The van der Waals surface area contributed by atoms with Gasteiger partial charge in [-0.05, 0) is 37.1 Å². The Morgan fingerprint density at radius 1 is 1.38 bits per heavy atom. The number of hydrogen-bond donors (Lipinski definition) is 2. The minimum Gasteiger partial charge on any atom is -0.387 e. The normalized spacial score (nSPS) is 10.7. The third-order valence-corrected chi connectivity index (χ3v) is 2.05. The van der Waals surface area contributed by atoms with Crippen LogP contribution in [0.4, 0.5) is 5.69 Å². The maximum Gasteiger partial charge on any atom is 0.194 e. The third-order valence-electron chi connectivity index (χ3n) is 1.86. The van der Waals surface area contributed by atoms with Crippen LogP contribution >= 0.6 is 12.2 Å². The van der Waals surface area contributed by atoms with E-state index in [9.17, 15) is 0 Å². The van der Waals surface area contributed by atoms with E-state index in [2.05, 4.69) is 22.7 Å². The highest BCUT2D eigenvalue weighted by Crippen LogP contribution is 2.13. The number of nitrogens with zero attached hydrogens (tertiary/aromatic N) is 2. The van der Waals surface area contributed by atoms with Crippen LogP contribution < -0.4 is 11.2 Å². The predicted molar refractivity (Wildman–Crippen MR) is 69.4 cm³/mol. The van der Waals surface area contributed by atoms with Gasteiger partial charge in [-0.2, -0.15) is 10.4 Å². The van der Waals surface area contributed by atoms with Crippen LogP contribution in [0.3, 0.4) is 0 Å². The molecule has 1 rings (SSSR count). The van der Waals surface area contributed by atoms with E-state index in [-0.39, 0.29) is 10.7 Å². The van der Waals surface area contributed by atoms with Crippen LogP contribution in [-0.2, 0) is 0 Å². The van der Waals surface area contributed by atoms with Gasteiger partial charge in [0.05, 0.1) is 5.69 Å². The smallest absolute Gasteiger partial charge is 0.194 e. The molecule has 1 aromatic carbocycles. The molecule has 0 unspecified atom stereocenters. The van der Waals surface area contributed by atoms with Gasteiger partial charge in [0, 0.05) is 0 Å². The molecule has 0 aliphatic heterocycles. The van der Waals surface area contributed by atoms with Gasteiger partial charge in [-0.15, -0.1) is 0 Å². The molecule has 0 heterocycles. The van der Waals surface area contributed by atoms with E-state index in [1.54, 1.807) is 0 Å². The molecule has 0 aromatic heterocycles. The number of hydrazone groups is 1. The molecular formula is C11H12N4S. The Labute approximate surface area is 99.8 Å². The standard InChI is InChI=1S/C11H12N4S/c1-7-3-8(2)5-9(4-7)14-15-10(6-12)11(13)16/h3-5,14H,1-2H3,(H2,13,16). The first-order chi connectivity index (χ1) is 7.52. The van der Waals surface area contributed by atoms with E-state index < -0.39 is 0 Å². The Kier molecular flexibility index (Phi) is 3.97. The fourth-order valence-corrected chi connectivity index (χ4v) is 1.39. The fourth-order valence-electron chi connectivity index (χ4n) is 1.29. The lowest BCUT2D eigenvalue weighted by molar-refractivity contribution is 1.30. The van der Waals surface area contributed by atoms with Gasteiger partial charge in [-0.3, -0.25) is 5.43 Å². The molecule has 5 heteroatoms.